The third kappa shape index (κ3) is 3.22. The van der Waals surface area contributed by atoms with Crippen LogP contribution in [0.2, 0.25) is 0 Å². The summed E-state index contributed by atoms with van der Waals surface area (Å²) in [6.45, 7) is 2.44. The van der Waals surface area contributed by atoms with Gasteiger partial charge < -0.3 is 9.47 Å². The van der Waals surface area contributed by atoms with Crippen LogP contribution in [0.15, 0.2) is 54.6 Å². The van der Waals surface area contributed by atoms with Gasteiger partial charge in [0.25, 0.3) is 0 Å². The molecular formula is C23H26O3. The van der Waals surface area contributed by atoms with Gasteiger partial charge in [0.15, 0.2) is 12.1 Å². The predicted octanol–water partition coefficient (Wildman–Crippen LogP) is 5.45. The number of benzene rings is 2. The zero-order chi connectivity index (χ0) is 18.0. The van der Waals surface area contributed by atoms with Crippen molar-refractivity contribution in [3.8, 4) is 0 Å². The van der Waals surface area contributed by atoms with Gasteiger partial charge >= 0.3 is 0 Å². The van der Waals surface area contributed by atoms with Crippen molar-refractivity contribution >= 4 is 5.78 Å². The first kappa shape index (κ1) is 17.4. The summed E-state index contributed by atoms with van der Waals surface area (Å²) in [6, 6.07) is 17.8. The normalized spacial score (nSPS) is 26.5. The Morgan fingerprint density at radius 3 is 2.46 bits per heavy atom. The number of carbonyl (C=O) groups is 1. The highest BCUT2D eigenvalue weighted by Crippen LogP contribution is 2.45. The lowest BCUT2D eigenvalue weighted by Crippen LogP contribution is -2.50. The number of hydrogen-bond donors (Lipinski definition) is 0. The molecule has 1 fully saturated rings. The first-order valence-corrected chi connectivity index (χ1v) is 9.65. The maximum Gasteiger partial charge on any atom is 0.195 e. The minimum absolute atomic E-state index is 0.111. The highest BCUT2D eigenvalue weighted by molar-refractivity contribution is 6.04. The second kappa shape index (κ2) is 7.34. The van der Waals surface area contributed by atoms with Crippen molar-refractivity contribution in [3.05, 3.63) is 71.3 Å². The summed E-state index contributed by atoms with van der Waals surface area (Å²) in [4.78, 5) is 13.3. The molecule has 2 aromatic rings. The standard InChI is InChI=1S/C23H26O3/c1-23(18-12-6-3-7-13-18)21(24)19-14-8-9-15-20(19)22(26-23)25-16-17-10-4-2-5-11-17/h2,4-5,8-11,14-15,18,22H,3,6-7,12-13,16H2,1H3. The van der Waals surface area contributed by atoms with Crippen LogP contribution in [0.25, 0.3) is 0 Å². The molecule has 1 heterocycles. The molecule has 0 amide bonds. The van der Waals surface area contributed by atoms with Crippen molar-refractivity contribution in [1.82, 2.24) is 0 Å². The molecule has 0 radical (unpaired) electrons. The maximum atomic E-state index is 13.3. The summed E-state index contributed by atoms with van der Waals surface area (Å²) in [7, 11) is 0. The lowest BCUT2D eigenvalue weighted by atomic mass is 9.72. The molecule has 1 saturated carbocycles. The van der Waals surface area contributed by atoms with Crippen LogP contribution >= 0.6 is 0 Å². The van der Waals surface area contributed by atoms with E-state index < -0.39 is 11.9 Å². The van der Waals surface area contributed by atoms with Gasteiger partial charge in [-0.15, -0.1) is 0 Å². The average molecular weight is 350 g/mol. The zero-order valence-electron chi connectivity index (χ0n) is 15.3. The van der Waals surface area contributed by atoms with Crippen molar-refractivity contribution in [1.29, 1.82) is 0 Å². The van der Waals surface area contributed by atoms with E-state index in [1.807, 2.05) is 61.5 Å². The first-order chi connectivity index (χ1) is 12.7. The molecule has 1 aliphatic carbocycles. The van der Waals surface area contributed by atoms with Crippen molar-refractivity contribution in [2.75, 3.05) is 0 Å². The molecule has 0 bridgehead atoms. The molecule has 0 saturated heterocycles. The molecule has 0 spiro atoms. The molecule has 2 aliphatic rings. The lowest BCUT2D eigenvalue weighted by molar-refractivity contribution is -0.221. The topological polar surface area (TPSA) is 35.5 Å². The van der Waals surface area contributed by atoms with Gasteiger partial charge in [0.2, 0.25) is 0 Å². The molecule has 0 aromatic heterocycles. The van der Waals surface area contributed by atoms with E-state index in [9.17, 15) is 4.79 Å². The number of carbonyl (C=O) groups excluding carboxylic acids is 1. The van der Waals surface area contributed by atoms with E-state index in [0.29, 0.717) is 6.61 Å². The molecule has 136 valence electrons. The van der Waals surface area contributed by atoms with Gasteiger partial charge in [-0.25, -0.2) is 0 Å². The maximum absolute atomic E-state index is 13.3. The van der Waals surface area contributed by atoms with Crippen LogP contribution in [-0.2, 0) is 16.1 Å². The number of rotatable bonds is 4. The monoisotopic (exact) mass is 350 g/mol. The second-order valence-corrected chi connectivity index (χ2v) is 7.60. The molecule has 3 heteroatoms. The molecule has 4 rings (SSSR count). The fourth-order valence-corrected chi connectivity index (χ4v) is 4.32. The van der Waals surface area contributed by atoms with E-state index >= 15 is 0 Å². The van der Waals surface area contributed by atoms with E-state index in [1.165, 1.54) is 19.3 Å². The molecule has 2 atom stereocenters. The quantitative estimate of drug-likeness (QED) is 0.735. The summed E-state index contributed by atoms with van der Waals surface area (Å²) >= 11 is 0. The Morgan fingerprint density at radius 2 is 1.69 bits per heavy atom. The smallest absolute Gasteiger partial charge is 0.195 e. The van der Waals surface area contributed by atoms with E-state index in [4.69, 9.17) is 9.47 Å². The summed E-state index contributed by atoms with van der Waals surface area (Å²) in [5, 5.41) is 0. The van der Waals surface area contributed by atoms with Gasteiger partial charge in [-0.05, 0) is 31.2 Å². The van der Waals surface area contributed by atoms with Gasteiger partial charge in [-0.3, -0.25) is 4.79 Å². The fourth-order valence-electron chi connectivity index (χ4n) is 4.32. The number of hydrogen-bond acceptors (Lipinski definition) is 3. The van der Waals surface area contributed by atoms with Crippen LogP contribution in [0.4, 0.5) is 0 Å². The Kier molecular flexibility index (Phi) is 4.92. The lowest BCUT2D eigenvalue weighted by Gasteiger charge is -2.44. The Labute approximate surface area is 155 Å². The molecule has 26 heavy (non-hydrogen) atoms. The minimum atomic E-state index is -0.796. The van der Waals surface area contributed by atoms with E-state index in [0.717, 1.165) is 29.5 Å². The second-order valence-electron chi connectivity index (χ2n) is 7.60. The molecule has 2 aromatic carbocycles. The van der Waals surface area contributed by atoms with Crippen molar-refractivity contribution < 1.29 is 14.3 Å². The molecule has 0 N–H and O–H groups in total. The Balaban J connectivity index is 1.62. The minimum Gasteiger partial charge on any atom is -0.344 e. The van der Waals surface area contributed by atoms with Crippen LogP contribution in [0.5, 0.6) is 0 Å². The molecular weight excluding hydrogens is 324 g/mol. The SMILES string of the molecule is CC1(C2CCCCC2)OC(OCc2ccccc2)c2ccccc2C1=O. The molecule has 3 nitrogen and oxygen atoms in total. The third-order valence-electron chi connectivity index (χ3n) is 5.89. The average Bonchev–Trinajstić information content (AvgIpc) is 2.71. The molecule has 2 unspecified atom stereocenters. The highest BCUT2D eigenvalue weighted by Gasteiger charge is 2.49. The number of Topliss-reactive ketones (excluding diaryl/α,β-unsaturated/α-hetero) is 1. The Hall–Kier alpha value is -1.97. The number of ketones is 1. The van der Waals surface area contributed by atoms with E-state index in [2.05, 4.69) is 0 Å². The highest BCUT2D eigenvalue weighted by atomic mass is 16.7. The van der Waals surface area contributed by atoms with Crippen molar-refractivity contribution in [2.45, 2.75) is 57.5 Å². The van der Waals surface area contributed by atoms with Crippen LogP contribution in [0.1, 0.15) is 66.8 Å². The van der Waals surface area contributed by atoms with Crippen LogP contribution in [0, 0.1) is 5.92 Å². The number of fused-ring (bicyclic) bond motifs is 1. The third-order valence-corrected chi connectivity index (χ3v) is 5.89. The van der Waals surface area contributed by atoms with Crippen molar-refractivity contribution in [3.63, 3.8) is 0 Å². The van der Waals surface area contributed by atoms with Crippen LogP contribution in [-0.4, -0.2) is 11.4 Å². The number of ether oxygens (including phenoxy) is 2. The summed E-state index contributed by atoms with van der Waals surface area (Å²) < 4.78 is 12.6. The van der Waals surface area contributed by atoms with Gasteiger partial charge in [0, 0.05) is 11.1 Å². The zero-order valence-corrected chi connectivity index (χ0v) is 15.3. The van der Waals surface area contributed by atoms with Crippen LogP contribution in [0.3, 0.4) is 0 Å². The summed E-state index contributed by atoms with van der Waals surface area (Å²) in [5.41, 5.74) is 1.91. The van der Waals surface area contributed by atoms with Crippen molar-refractivity contribution in [2.24, 2.45) is 5.92 Å². The summed E-state index contributed by atoms with van der Waals surface area (Å²) in [6.07, 6.45) is 5.20. The van der Waals surface area contributed by atoms with E-state index in [-0.39, 0.29) is 11.7 Å². The predicted molar refractivity (Wildman–Crippen MR) is 101 cm³/mol. The van der Waals surface area contributed by atoms with Crippen LogP contribution < -0.4 is 0 Å². The fraction of sp³-hybridized carbons (Fsp3) is 0.435. The van der Waals surface area contributed by atoms with Gasteiger partial charge in [-0.2, -0.15) is 0 Å². The Morgan fingerprint density at radius 1 is 1.00 bits per heavy atom. The largest absolute Gasteiger partial charge is 0.344 e. The molecule has 1 aliphatic heterocycles. The van der Waals surface area contributed by atoms with Gasteiger partial charge in [0.1, 0.15) is 5.60 Å². The van der Waals surface area contributed by atoms with Gasteiger partial charge in [-0.1, -0.05) is 73.9 Å². The van der Waals surface area contributed by atoms with E-state index in [1.54, 1.807) is 0 Å². The first-order valence-electron chi connectivity index (χ1n) is 9.65. The van der Waals surface area contributed by atoms with Gasteiger partial charge in [0.05, 0.1) is 6.61 Å². The Bertz CT molecular complexity index is 764. The summed E-state index contributed by atoms with van der Waals surface area (Å²) in [5.74, 6) is 0.375.